The van der Waals surface area contributed by atoms with Crippen molar-refractivity contribution in [1.82, 2.24) is 31.9 Å². The summed E-state index contributed by atoms with van der Waals surface area (Å²) in [7, 11) is 0. The lowest BCUT2D eigenvalue weighted by Crippen LogP contribution is -2.38. The summed E-state index contributed by atoms with van der Waals surface area (Å²) in [5, 5.41) is 22.1. The van der Waals surface area contributed by atoms with E-state index >= 15 is 0 Å². The lowest BCUT2D eigenvalue weighted by molar-refractivity contribution is 0.364. The van der Waals surface area contributed by atoms with Gasteiger partial charge in [0.1, 0.15) is 0 Å². The van der Waals surface area contributed by atoms with E-state index in [0.717, 1.165) is 114 Å². The summed E-state index contributed by atoms with van der Waals surface area (Å²) < 4.78 is 0. The van der Waals surface area contributed by atoms with Crippen molar-refractivity contribution in [3.8, 4) is 0 Å². The summed E-state index contributed by atoms with van der Waals surface area (Å²) in [5.74, 6) is 3.99. The predicted molar refractivity (Wildman–Crippen MR) is 155 cm³/mol. The molecule has 36 heavy (non-hydrogen) atoms. The van der Waals surface area contributed by atoms with Crippen LogP contribution in [0.4, 0.5) is 0 Å². The first-order valence-corrected chi connectivity index (χ1v) is 15.4. The number of rotatable bonds is 27. The Balaban J connectivity index is 1.82. The molecule has 0 radical (unpaired) electrons. The van der Waals surface area contributed by atoms with Gasteiger partial charge in [0.2, 0.25) is 0 Å². The normalized spacial score (nSPS) is 25.8. The number of nitrogens with two attached hydrogens (primary N) is 2. The first-order valence-electron chi connectivity index (χ1n) is 15.4. The van der Waals surface area contributed by atoms with E-state index in [1.807, 2.05) is 0 Å². The molecule has 8 heteroatoms. The fraction of sp³-hybridized carbons (Fsp3) is 1.00. The fourth-order valence-electron chi connectivity index (χ4n) is 5.88. The molecule has 0 heterocycles. The highest BCUT2D eigenvalue weighted by molar-refractivity contribution is 5.11. The second-order valence-corrected chi connectivity index (χ2v) is 11.1. The van der Waals surface area contributed by atoms with Gasteiger partial charge in [0.05, 0.1) is 0 Å². The average Bonchev–Trinajstić information content (AvgIpc) is 3.80. The van der Waals surface area contributed by atoms with Gasteiger partial charge in [0, 0.05) is 6.04 Å². The van der Waals surface area contributed by atoms with Gasteiger partial charge in [-0.2, -0.15) is 0 Å². The van der Waals surface area contributed by atoms with Crippen LogP contribution < -0.4 is 43.4 Å². The van der Waals surface area contributed by atoms with Crippen molar-refractivity contribution >= 4 is 0 Å². The second-order valence-electron chi connectivity index (χ2n) is 11.1. The first-order chi connectivity index (χ1) is 17.8. The van der Waals surface area contributed by atoms with Crippen molar-refractivity contribution in [1.29, 1.82) is 0 Å². The third-order valence-electron chi connectivity index (χ3n) is 8.15. The van der Waals surface area contributed by atoms with Crippen molar-refractivity contribution in [2.24, 2.45) is 41.1 Å². The maximum absolute atomic E-state index is 5.83. The molecule has 214 valence electrons. The van der Waals surface area contributed by atoms with Gasteiger partial charge in [-0.3, -0.25) is 0 Å². The molecule has 2 aliphatic rings. The highest BCUT2D eigenvalue weighted by Crippen LogP contribution is 2.55. The molecule has 2 fully saturated rings. The van der Waals surface area contributed by atoms with Crippen molar-refractivity contribution in [2.75, 3.05) is 85.1 Å². The summed E-state index contributed by atoms with van der Waals surface area (Å²) in [6.45, 7) is 18.2. The van der Waals surface area contributed by atoms with Gasteiger partial charge in [-0.05, 0) is 160 Å². The molecule has 0 aromatic heterocycles. The molecule has 0 amide bonds. The lowest BCUT2D eigenvalue weighted by atomic mass is 10.0. The highest BCUT2D eigenvalue weighted by Gasteiger charge is 2.58. The van der Waals surface area contributed by atoms with Crippen molar-refractivity contribution in [2.45, 2.75) is 64.8 Å². The maximum atomic E-state index is 5.83. The fourth-order valence-corrected chi connectivity index (χ4v) is 5.88. The van der Waals surface area contributed by atoms with E-state index in [1.54, 1.807) is 0 Å². The van der Waals surface area contributed by atoms with Crippen LogP contribution in [0.5, 0.6) is 0 Å². The van der Waals surface area contributed by atoms with Crippen LogP contribution in [0.15, 0.2) is 0 Å². The summed E-state index contributed by atoms with van der Waals surface area (Å²) in [6.07, 6.45) is 8.55. The third-order valence-corrected chi connectivity index (χ3v) is 8.15. The molecular weight excluding hydrogens is 448 g/mol. The van der Waals surface area contributed by atoms with Crippen molar-refractivity contribution in [3.05, 3.63) is 0 Å². The molecule has 0 aromatic rings. The van der Waals surface area contributed by atoms with Gasteiger partial charge in [0.25, 0.3) is 0 Å². The molecule has 5 atom stereocenters. The smallest absolute Gasteiger partial charge is 0.0133 e. The molecule has 0 aromatic carbocycles. The Labute approximate surface area is 223 Å². The monoisotopic (exact) mass is 511 g/mol. The minimum absolute atomic E-state index is 0.638. The first kappa shape index (κ1) is 31.9. The zero-order valence-electron chi connectivity index (χ0n) is 23.8. The molecule has 2 aliphatic carbocycles. The number of hydrogen-bond donors (Lipinski definition) is 8. The van der Waals surface area contributed by atoms with Gasteiger partial charge in [-0.1, -0.05) is 13.8 Å². The van der Waals surface area contributed by atoms with E-state index in [0.29, 0.717) is 6.04 Å². The molecule has 10 N–H and O–H groups in total. The third kappa shape index (κ3) is 13.0. The van der Waals surface area contributed by atoms with E-state index < -0.39 is 0 Å². The number of unbranched alkanes of at least 4 members (excludes halogenated alkanes) is 2. The van der Waals surface area contributed by atoms with Crippen LogP contribution in [0.1, 0.15) is 58.8 Å². The largest absolute Gasteiger partial charge is 0.330 e. The van der Waals surface area contributed by atoms with Crippen molar-refractivity contribution in [3.63, 3.8) is 0 Å². The molecule has 2 saturated carbocycles. The molecule has 5 unspecified atom stereocenters. The SMILES string of the molecule is CCNCCCCNCC1C(CNCCCCNCC)C1C(NCCCN)C1CC1CNCCCN. The number of nitrogens with one attached hydrogen (secondary N) is 6. The van der Waals surface area contributed by atoms with E-state index in [1.165, 1.54) is 45.2 Å². The molecule has 2 rings (SSSR count). The van der Waals surface area contributed by atoms with Crippen LogP contribution in [0.3, 0.4) is 0 Å². The minimum Gasteiger partial charge on any atom is -0.330 e. The average molecular weight is 511 g/mol. The Morgan fingerprint density at radius 2 is 1.08 bits per heavy atom. The molecular formula is C28H62N8. The maximum Gasteiger partial charge on any atom is 0.0133 e. The van der Waals surface area contributed by atoms with Gasteiger partial charge in [0.15, 0.2) is 0 Å². The van der Waals surface area contributed by atoms with Crippen LogP contribution in [0.25, 0.3) is 0 Å². The molecule has 0 spiro atoms. The Morgan fingerprint density at radius 3 is 1.61 bits per heavy atom. The van der Waals surface area contributed by atoms with Gasteiger partial charge >= 0.3 is 0 Å². The van der Waals surface area contributed by atoms with Crippen LogP contribution in [0, 0.1) is 29.6 Å². The van der Waals surface area contributed by atoms with Crippen LogP contribution in [0.2, 0.25) is 0 Å². The summed E-state index contributed by atoms with van der Waals surface area (Å²) in [5.41, 5.74) is 11.5. The van der Waals surface area contributed by atoms with Crippen LogP contribution >= 0.6 is 0 Å². The number of hydrogen-bond acceptors (Lipinski definition) is 8. The standard InChI is InChI=1S/C28H62N8/c1-3-31-13-5-7-15-34-21-25-26(22-35-16-8-6-14-32-4-2)27(25)28(36-18-10-12-30)24-19-23(24)20-33-17-9-11-29/h23-28,31-36H,3-22,29-30H2,1-2H3. The Kier molecular flexibility index (Phi) is 18.3. The Bertz CT molecular complexity index is 484. The molecule has 0 saturated heterocycles. The van der Waals surface area contributed by atoms with E-state index in [4.69, 9.17) is 11.5 Å². The summed E-state index contributed by atoms with van der Waals surface area (Å²) in [6, 6.07) is 0.638. The van der Waals surface area contributed by atoms with E-state index in [2.05, 4.69) is 45.7 Å². The van der Waals surface area contributed by atoms with Crippen LogP contribution in [-0.2, 0) is 0 Å². The second kappa shape index (κ2) is 20.6. The van der Waals surface area contributed by atoms with E-state index in [-0.39, 0.29) is 0 Å². The lowest BCUT2D eigenvalue weighted by Gasteiger charge is -2.20. The van der Waals surface area contributed by atoms with Gasteiger partial charge < -0.3 is 43.4 Å². The van der Waals surface area contributed by atoms with Crippen molar-refractivity contribution < 1.29 is 0 Å². The summed E-state index contributed by atoms with van der Waals surface area (Å²) >= 11 is 0. The summed E-state index contributed by atoms with van der Waals surface area (Å²) in [4.78, 5) is 0. The molecule has 0 aliphatic heterocycles. The molecule has 8 nitrogen and oxygen atoms in total. The Hall–Kier alpha value is -0.320. The minimum atomic E-state index is 0.638. The quantitative estimate of drug-likeness (QED) is 0.0759. The highest BCUT2D eigenvalue weighted by atomic mass is 15.0. The van der Waals surface area contributed by atoms with Gasteiger partial charge in [-0.15, -0.1) is 0 Å². The zero-order valence-corrected chi connectivity index (χ0v) is 23.8. The zero-order chi connectivity index (χ0) is 25.8. The Morgan fingerprint density at radius 1 is 0.611 bits per heavy atom. The predicted octanol–water partition coefficient (Wildman–Crippen LogP) is 0.689. The van der Waals surface area contributed by atoms with E-state index in [9.17, 15) is 0 Å². The molecule has 0 bridgehead atoms. The topological polar surface area (TPSA) is 124 Å². The van der Waals surface area contributed by atoms with Gasteiger partial charge in [-0.25, -0.2) is 0 Å². The van der Waals surface area contributed by atoms with Crippen LogP contribution in [-0.4, -0.2) is 91.1 Å².